The molecule has 5 aromatic rings. The quantitative estimate of drug-likeness (QED) is 0.153. The van der Waals surface area contributed by atoms with Crippen molar-refractivity contribution in [3.63, 3.8) is 0 Å². The number of rotatable bonds is 6. The van der Waals surface area contributed by atoms with Gasteiger partial charge >= 0.3 is 0 Å². The third kappa shape index (κ3) is 3.25. The molecule has 40 heavy (non-hydrogen) atoms. The van der Waals surface area contributed by atoms with Crippen LogP contribution in [0.3, 0.4) is 0 Å². The summed E-state index contributed by atoms with van der Waals surface area (Å²) in [5, 5.41) is 4.32. The molecule has 0 spiro atoms. The Bertz CT molecular complexity index is 1790. The van der Waals surface area contributed by atoms with Crippen LogP contribution in [0.15, 0.2) is 60.8 Å². The van der Waals surface area contributed by atoms with Gasteiger partial charge < -0.3 is 0 Å². The zero-order valence-electron chi connectivity index (χ0n) is 25.6. The standard InChI is InChI=1S/C38H45N2/c1-8-10-19-38-21-20-37(38,9-2)30-16-12-15-28-29-22-27(23-36(5,6)7)17-18-31(29)40-32(24-39(38)35(40)34(28)30)33-25(3)13-11-14-26(33)4/h11-18,22,24H,8-10,19-21,23H2,1-7H3/q+1. The van der Waals surface area contributed by atoms with Crippen LogP contribution in [0.25, 0.3) is 38.6 Å². The zero-order chi connectivity index (χ0) is 28.0. The van der Waals surface area contributed by atoms with E-state index in [-0.39, 0.29) is 16.4 Å². The molecule has 1 saturated carbocycles. The Labute approximate surface area is 240 Å². The van der Waals surface area contributed by atoms with Gasteiger partial charge in [0.05, 0.1) is 5.39 Å². The van der Waals surface area contributed by atoms with Crippen molar-refractivity contribution < 1.29 is 4.57 Å². The minimum absolute atomic E-state index is 0.152. The largest absolute Gasteiger partial charge is 0.296 e. The van der Waals surface area contributed by atoms with E-state index in [4.69, 9.17) is 0 Å². The highest BCUT2D eigenvalue weighted by Crippen LogP contribution is 2.62. The summed E-state index contributed by atoms with van der Waals surface area (Å²) in [6, 6.07) is 21.3. The van der Waals surface area contributed by atoms with Gasteiger partial charge in [-0.2, -0.15) is 4.40 Å². The van der Waals surface area contributed by atoms with Crippen LogP contribution in [0, 0.1) is 19.3 Å². The highest BCUT2D eigenvalue weighted by atomic mass is 15.2. The summed E-state index contributed by atoms with van der Waals surface area (Å²) in [5.74, 6) is 0. The van der Waals surface area contributed by atoms with Crippen LogP contribution in [0.2, 0.25) is 0 Å². The first-order valence-electron chi connectivity index (χ1n) is 15.7. The molecule has 1 aliphatic heterocycles. The van der Waals surface area contributed by atoms with Gasteiger partial charge in [-0.05, 0) is 92.2 Å². The summed E-state index contributed by atoms with van der Waals surface area (Å²) in [4.78, 5) is 0. The van der Waals surface area contributed by atoms with Gasteiger partial charge in [0.15, 0.2) is 5.69 Å². The molecule has 2 aromatic heterocycles. The van der Waals surface area contributed by atoms with E-state index in [1.54, 1.807) is 5.56 Å². The zero-order valence-corrected chi connectivity index (χ0v) is 25.6. The Balaban J connectivity index is 1.70. The second-order valence-electron chi connectivity index (χ2n) is 14.2. The smallest absolute Gasteiger partial charge is 0.223 e. The lowest BCUT2D eigenvalue weighted by Crippen LogP contribution is -2.74. The molecule has 2 unspecified atom stereocenters. The van der Waals surface area contributed by atoms with E-state index in [1.165, 1.54) is 93.8 Å². The average Bonchev–Trinajstić information content (AvgIpc) is 3.28. The molecule has 2 nitrogen and oxygen atoms in total. The minimum Gasteiger partial charge on any atom is -0.223 e. The molecule has 0 N–H and O–H groups in total. The predicted octanol–water partition coefficient (Wildman–Crippen LogP) is 9.75. The van der Waals surface area contributed by atoms with E-state index in [2.05, 4.69) is 118 Å². The van der Waals surface area contributed by atoms with Crippen molar-refractivity contribution in [1.82, 2.24) is 4.40 Å². The first-order chi connectivity index (χ1) is 19.2. The highest BCUT2D eigenvalue weighted by molar-refractivity contribution is 6.13. The minimum atomic E-state index is 0.152. The lowest BCUT2D eigenvalue weighted by atomic mass is 9.47. The molecule has 2 atom stereocenters. The van der Waals surface area contributed by atoms with Gasteiger partial charge in [0.1, 0.15) is 17.3 Å². The van der Waals surface area contributed by atoms with Gasteiger partial charge in [-0.25, -0.2) is 4.57 Å². The van der Waals surface area contributed by atoms with Gasteiger partial charge in [-0.3, -0.25) is 0 Å². The second kappa shape index (κ2) is 8.68. The van der Waals surface area contributed by atoms with Gasteiger partial charge in [-0.1, -0.05) is 83.5 Å². The lowest BCUT2D eigenvalue weighted by molar-refractivity contribution is -0.769. The summed E-state index contributed by atoms with van der Waals surface area (Å²) < 4.78 is 5.46. The normalized spacial score (nSPS) is 21.9. The number of hydrogen-bond donors (Lipinski definition) is 0. The fraction of sp³-hybridized carbons (Fsp3) is 0.447. The molecular formula is C38H45N2+. The van der Waals surface area contributed by atoms with E-state index in [9.17, 15) is 0 Å². The predicted molar refractivity (Wildman–Crippen MR) is 169 cm³/mol. The number of unbranched alkanes of at least 4 members (excludes halogenated alkanes) is 1. The molecule has 0 amide bonds. The van der Waals surface area contributed by atoms with Crippen molar-refractivity contribution in [2.45, 2.75) is 104 Å². The van der Waals surface area contributed by atoms with Crippen molar-refractivity contribution >= 4 is 27.3 Å². The molecule has 3 heterocycles. The summed E-state index contributed by atoms with van der Waals surface area (Å²) >= 11 is 0. The molecule has 0 radical (unpaired) electrons. The van der Waals surface area contributed by atoms with Crippen molar-refractivity contribution in [2.75, 3.05) is 0 Å². The monoisotopic (exact) mass is 529 g/mol. The van der Waals surface area contributed by atoms with Crippen molar-refractivity contribution in [1.29, 1.82) is 0 Å². The van der Waals surface area contributed by atoms with Crippen LogP contribution in [0.4, 0.5) is 0 Å². The fourth-order valence-electron chi connectivity index (χ4n) is 8.89. The van der Waals surface area contributed by atoms with Crippen LogP contribution in [0.1, 0.15) is 95.4 Å². The average molecular weight is 530 g/mol. The number of benzene rings is 3. The molecule has 1 fully saturated rings. The molecule has 3 aromatic carbocycles. The molecule has 0 bridgehead atoms. The van der Waals surface area contributed by atoms with Crippen molar-refractivity contribution in [3.8, 4) is 11.3 Å². The lowest BCUT2D eigenvalue weighted by Gasteiger charge is -2.59. The third-order valence-electron chi connectivity index (χ3n) is 10.7. The summed E-state index contributed by atoms with van der Waals surface area (Å²) in [5.41, 5.74) is 11.9. The van der Waals surface area contributed by atoms with E-state index in [0.717, 1.165) is 6.42 Å². The van der Waals surface area contributed by atoms with Crippen LogP contribution in [-0.4, -0.2) is 4.40 Å². The van der Waals surface area contributed by atoms with Crippen molar-refractivity contribution in [3.05, 3.63) is 83.0 Å². The Morgan fingerprint density at radius 2 is 1.65 bits per heavy atom. The maximum absolute atomic E-state index is 2.80. The summed E-state index contributed by atoms with van der Waals surface area (Å²) in [7, 11) is 0. The van der Waals surface area contributed by atoms with Crippen LogP contribution >= 0.6 is 0 Å². The highest BCUT2D eigenvalue weighted by Gasteiger charge is 2.66. The number of pyridine rings is 1. The first-order valence-corrected chi connectivity index (χ1v) is 15.7. The van der Waals surface area contributed by atoms with Crippen LogP contribution in [-0.2, 0) is 17.4 Å². The Hall–Kier alpha value is -3.13. The molecule has 206 valence electrons. The number of aryl methyl sites for hydroxylation is 2. The molecular weight excluding hydrogens is 484 g/mol. The van der Waals surface area contributed by atoms with Gasteiger partial charge in [0.2, 0.25) is 0 Å². The summed E-state index contributed by atoms with van der Waals surface area (Å²) in [6.45, 7) is 16.4. The second-order valence-corrected chi connectivity index (χ2v) is 14.2. The molecule has 1 aliphatic carbocycles. The number of nitrogens with zero attached hydrogens (tertiary/aromatic N) is 2. The number of imidazole rings is 1. The van der Waals surface area contributed by atoms with Crippen LogP contribution < -0.4 is 4.57 Å². The maximum atomic E-state index is 2.80. The van der Waals surface area contributed by atoms with E-state index in [1.807, 2.05) is 0 Å². The fourth-order valence-corrected chi connectivity index (χ4v) is 8.89. The maximum Gasteiger partial charge on any atom is 0.296 e. The first kappa shape index (κ1) is 25.8. The molecule has 0 saturated heterocycles. The van der Waals surface area contributed by atoms with Gasteiger partial charge in [0.25, 0.3) is 5.65 Å². The number of fused-ring (bicyclic) bond motifs is 6. The van der Waals surface area contributed by atoms with E-state index in [0.29, 0.717) is 0 Å². The van der Waals surface area contributed by atoms with E-state index >= 15 is 0 Å². The van der Waals surface area contributed by atoms with Crippen LogP contribution in [0.5, 0.6) is 0 Å². The Morgan fingerprint density at radius 1 is 0.900 bits per heavy atom. The molecule has 2 heteroatoms. The molecule has 2 aliphatic rings. The topological polar surface area (TPSA) is 8.29 Å². The van der Waals surface area contributed by atoms with Gasteiger partial charge in [0, 0.05) is 21.8 Å². The number of aromatic nitrogens is 2. The van der Waals surface area contributed by atoms with Crippen molar-refractivity contribution in [2.24, 2.45) is 5.41 Å². The summed E-state index contributed by atoms with van der Waals surface area (Å²) in [6.07, 6.45) is 11.2. The van der Waals surface area contributed by atoms with Gasteiger partial charge in [-0.15, -0.1) is 0 Å². The Kier molecular flexibility index (Phi) is 5.60. The Morgan fingerprint density at radius 3 is 2.30 bits per heavy atom. The molecule has 7 rings (SSSR count). The van der Waals surface area contributed by atoms with E-state index < -0.39 is 0 Å². The SMILES string of the molecule is CCCCC12CCC1(CC)c1cccc3c4cc(CC(C)(C)C)ccc4n4c(-c5c(C)cccc5C)c[n+]2c4c13. The third-order valence-corrected chi connectivity index (χ3v) is 10.7. The number of hydrogen-bond acceptors (Lipinski definition) is 0.